The normalized spacial score (nSPS) is 14.2. The molecular formula is C27H32ClN7O2S. The summed E-state index contributed by atoms with van der Waals surface area (Å²) in [6.45, 7) is 8.08. The van der Waals surface area contributed by atoms with Gasteiger partial charge in [-0.05, 0) is 37.7 Å². The van der Waals surface area contributed by atoms with Gasteiger partial charge in [-0.15, -0.1) is 0 Å². The molecule has 1 aliphatic heterocycles. The molecule has 200 valence electrons. The molecule has 2 N–H and O–H groups in total. The van der Waals surface area contributed by atoms with Crippen LogP contribution in [-0.2, 0) is 6.54 Å². The van der Waals surface area contributed by atoms with Crippen LogP contribution in [0.1, 0.15) is 17.0 Å². The third-order valence-corrected chi connectivity index (χ3v) is 6.54. The van der Waals surface area contributed by atoms with Crippen molar-refractivity contribution in [1.29, 1.82) is 0 Å². The van der Waals surface area contributed by atoms with Crippen LogP contribution in [0.2, 0.25) is 5.02 Å². The van der Waals surface area contributed by atoms with Crippen molar-refractivity contribution in [2.24, 2.45) is 4.99 Å². The van der Waals surface area contributed by atoms with Crippen molar-refractivity contribution in [3.63, 3.8) is 0 Å². The highest BCUT2D eigenvalue weighted by Crippen LogP contribution is 2.36. The Bertz CT molecular complexity index is 1280. The molecule has 3 aromatic rings. The largest absolute Gasteiger partial charge is 0.495 e. The number of ether oxygens (including phenoxy) is 2. The molecule has 0 amide bonds. The van der Waals surface area contributed by atoms with Crippen molar-refractivity contribution < 1.29 is 9.47 Å². The summed E-state index contributed by atoms with van der Waals surface area (Å²) in [5.74, 6) is 2.07. The van der Waals surface area contributed by atoms with Gasteiger partial charge >= 0.3 is 0 Å². The third-order valence-electron chi connectivity index (χ3n) is 6.05. The number of aryl methyl sites for hydroxylation is 2. The number of aliphatic imine (C=N–C) groups is 1. The Labute approximate surface area is 233 Å². The zero-order valence-corrected chi connectivity index (χ0v) is 23.6. The number of rotatable bonds is 6. The molecule has 1 aromatic heterocycles. The monoisotopic (exact) mass is 553 g/mol. The molecule has 11 heteroatoms. The van der Waals surface area contributed by atoms with Gasteiger partial charge in [0.1, 0.15) is 11.5 Å². The van der Waals surface area contributed by atoms with Crippen LogP contribution in [0.3, 0.4) is 0 Å². The maximum Gasteiger partial charge on any atom is 0.229 e. The van der Waals surface area contributed by atoms with Gasteiger partial charge in [-0.1, -0.05) is 41.9 Å². The van der Waals surface area contributed by atoms with Gasteiger partial charge in [0.05, 0.1) is 24.9 Å². The number of methoxy groups -OCH3 is 2. The molecule has 9 nitrogen and oxygen atoms in total. The lowest BCUT2D eigenvalue weighted by atomic mass is 10.2. The summed E-state index contributed by atoms with van der Waals surface area (Å²) in [6.07, 6.45) is 0. The molecule has 2 heterocycles. The average molecular weight is 554 g/mol. The van der Waals surface area contributed by atoms with E-state index in [1.807, 2.05) is 26.0 Å². The summed E-state index contributed by atoms with van der Waals surface area (Å²) in [4.78, 5) is 18.4. The van der Waals surface area contributed by atoms with Crippen LogP contribution in [-0.4, -0.2) is 71.2 Å². The molecule has 0 spiro atoms. The molecule has 38 heavy (non-hydrogen) atoms. The summed E-state index contributed by atoms with van der Waals surface area (Å²) in [5.41, 5.74) is 3.63. The standard InChI is InChI=1S/C27H32ClN7O2S/c1-18-14-19(2)30-25(29-18)32-26(35-12-10-34(11-13-35)17-20-8-6-5-7-9-20)33-27(38)31-22-16-23(36-3)21(28)15-24(22)37-4/h5-9,14-16H,10-13,17H2,1-4H3,(H2,29,30,31,32,33,38). The average Bonchev–Trinajstić information content (AvgIpc) is 2.89. The number of anilines is 2. The third kappa shape index (κ3) is 7.31. The fourth-order valence-electron chi connectivity index (χ4n) is 4.22. The van der Waals surface area contributed by atoms with Crippen molar-refractivity contribution in [2.45, 2.75) is 20.4 Å². The van der Waals surface area contributed by atoms with Crippen LogP contribution < -0.4 is 20.1 Å². The Morgan fingerprint density at radius 1 is 0.947 bits per heavy atom. The zero-order valence-electron chi connectivity index (χ0n) is 22.0. The number of nitrogens with zero attached hydrogens (tertiary/aromatic N) is 5. The lowest BCUT2D eigenvalue weighted by molar-refractivity contribution is 0.175. The van der Waals surface area contributed by atoms with E-state index in [9.17, 15) is 0 Å². The summed E-state index contributed by atoms with van der Waals surface area (Å²) in [5, 5.41) is 7.13. The van der Waals surface area contributed by atoms with Crippen LogP contribution in [0.4, 0.5) is 11.6 Å². The molecule has 1 aliphatic rings. The van der Waals surface area contributed by atoms with Gasteiger partial charge in [-0.2, -0.15) is 4.99 Å². The van der Waals surface area contributed by atoms with E-state index in [2.05, 4.69) is 54.7 Å². The van der Waals surface area contributed by atoms with Crippen LogP contribution in [0.5, 0.6) is 11.5 Å². The maximum absolute atomic E-state index is 6.25. The Balaban J connectivity index is 1.54. The van der Waals surface area contributed by atoms with Crippen LogP contribution in [0.25, 0.3) is 0 Å². The number of thiocarbonyl (C=S) groups is 1. The number of guanidine groups is 1. The smallest absolute Gasteiger partial charge is 0.229 e. The first-order valence-corrected chi connectivity index (χ1v) is 13.0. The number of hydrogen-bond donors (Lipinski definition) is 2. The molecule has 1 fully saturated rings. The minimum atomic E-state index is 0.242. The highest BCUT2D eigenvalue weighted by Gasteiger charge is 2.22. The van der Waals surface area contributed by atoms with Gasteiger partial charge in [0, 0.05) is 56.2 Å². The number of halogens is 1. The predicted molar refractivity (Wildman–Crippen MR) is 157 cm³/mol. The fraction of sp³-hybridized carbons (Fsp3) is 0.333. The van der Waals surface area contributed by atoms with E-state index in [1.165, 1.54) is 5.56 Å². The molecule has 4 rings (SSSR count). The maximum atomic E-state index is 6.25. The molecule has 0 bridgehead atoms. The number of piperazine rings is 1. The van der Waals surface area contributed by atoms with E-state index >= 15 is 0 Å². The SMILES string of the molecule is COc1cc(NC(=S)/N=C(/Nc2nc(C)cc(C)n2)N2CCN(Cc3ccccc3)CC2)c(OC)cc1Cl. The molecule has 0 radical (unpaired) electrons. The minimum absolute atomic E-state index is 0.242. The van der Waals surface area contributed by atoms with Gasteiger partial charge in [0.2, 0.25) is 17.0 Å². The summed E-state index contributed by atoms with van der Waals surface area (Å²) < 4.78 is 10.8. The van der Waals surface area contributed by atoms with E-state index in [1.54, 1.807) is 26.4 Å². The highest BCUT2D eigenvalue weighted by atomic mass is 35.5. The quantitative estimate of drug-likeness (QED) is 0.255. The molecule has 1 saturated heterocycles. The molecule has 0 saturated carbocycles. The molecule has 0 aliphatic carbocycles. The van der Waals surface area contributed by atoms with Gasteiger partial charge < -0.3 is 19.7 Å². The van der Waals surface area contributed by atoms with E-state index in [0.29, 0.717) is 34.1 Å². The van der Waals surface area contributed by atoms with Crippen molar-refractivity contribution in [3.05, 3.63) is 70.5 Å². The topological polar surface area (TPSA) is 87.1 Å². The minimum Gasteiger partial charge on any atom is -0.495 e. The van der Waals surface area contributed by atoms with Crippen molar-refractivity contribution in [2.75, 3.05) is 51.0 Å². The number of nitrogens with one attached hydrogen (secondary N) is 2. The first-order chi connectivity index (χ1) is 18.3. The van der Waals surface area contributed by atoms with Crippen LogP contribution in [0.15, 0.2) is 53.5 Å². The number of benzene rings is 2. The van der Waals surface area contributed by atoms with E-state index in [4.69, 9.17) is 38.3 Å². The van der Waals surface area contributed by atoms with E-state index < -0.39 is 0 Å². The predicted octanol–water partition coefficient (Wildman–Crippen LogP) is 4.75. The first-order valence-electron chi connectivity index (χ1n) is 12.3. The van der Waals surface area contributed by atoms with Crippen molar-refractivity contribution in [3.8, 4) is 11.5 Å². The van der Waals surface area contributed by atoms with Crippen LogP contribution in [0, 0.1) is 13.8 Å². The van der Waals surface area contributed by atoms with Gasteiger partial charge in [-0.25, -0.2) is 9.97 Å². The summed E-state index contributed by atoms with van der Waals surface area (Å²) in [7, 11) is 3.12. The fourth-order valence-corrected chi connectivity index (χ4v) is 4.64. The second-order valence-corrected chi connectivity index (χ2v) is 9.69. The van der Waals surface area contributed by atoms with Gasteiger partial charge in [0.25, 0.3) is 0 Å². The lowest BCUT2D eigenvalue weighted by Gasteiger charge is -2.36. The van der Waals surface area contributed by atoms with E-state index in [-0.39, 0.29) is 5.11 Å². The molecular weight excluding hydrogens is 522 g/mol. The zero-order chi connectivity index (χ0) is 27.1. The van der Waals surface area contributed by atoms with Gasteiger partial charge in [0.15, 0.2) is 0 Å². The Kier molecular flexibility index (Phi) is 9.33. The van der Waals surface area contributed by atoms with Crippen molar-refractivity contribution >= 4 is 46.5 Å². The van der Waals surface area contributed by atoms with E-state index in [0.717, 1.165) is 44.1 Å². The summed E-state index contributed by atoms with van der Waals surface area (Å²) >= 11 is 11.9. The second-order valence-electron chi connectivity index (χ2n) is 8.90. The van der Waals surface area contributed by atoms with Crippen LogP contribution >= 0.6 is 23.8 Å². The number of aromatic nitrogens is 2. The van der Waals surface area contributed by atoms with Crippen molar-refractivity contribution in [1.82, 2.24) is 19.8 Å². The lowest BCUT2D eigenvalue weighted by Crippen LogP contribution is -2.50. The Morgan fingerprint density at radius 2 is 1.61 bits per heavy atom. The molecule has 2 aromatic carbocycles. The highest BCUT2D eigenvalue weighted by molar-refractivity contribution is 7.80. The molecule has 0 atom stereocenters. The van der Waals surface area contributed by atoms with Gasteiger partial charge in [-0.3, -0.25) is 10.2 Å². The Morgan fingerprint density at radius 3 is 2.24 bits per heavy atom. The Hall–Kier alpha value is -3.47. The summed E-state index contributed by atoms with van der Waals surface area (Å²) in [6, 6.07) is 15.8. The second kappa shape index (κ2) is 12.9. The number of hydrogen-bond acceptors (Lipinski definition) is 6. The first kappa shape index (κ1) is 27.6. The molecule has 0 unspecified atom stereocenters.